The van der Waals surface area contributed by atoms with E-state index in [1.54, 1.807) is 11.3 Å². The number of pyridine rings is 1. The fraction of sp³-hybridized carbons (Fsp3) is 0.471. The molecule has 0 aromatic carbocycles. The molecular weight excluding hydrogens is 294 g/mol. The summed E-state index contributed by atoms with van der Waals surface area (Å²) >= 11 is 1.63. The molecule has 0 spiro atoms. The van der Waals surface area contributed by atoms with Gasteiger partial charge in [0.05, 0.1) is 5.69 Å². The Bertz CT molecular complexity index is 579. The maximum atomic E-state index is 10.2. The number of aliphatic hydroxyl groups excluding tert-OH is 1. The summed E-state index contributed by atoms with van der Waals surface area (Å²) in [6.07, 6.45) is 1.51. The highest BCUT2D eigenvalue weighted by Gasteiger charge is 2.20. The number of rotatable bonds is 5. The van der Waals surface area contributed by atoms with Crippen molar-refractivity contribution in [3.05, 3.63) is 52.0 Å². The van der Waals surface area contributed by atoms with E-state index in [2.05, 4.69) is 27.8 Å². The third kappa shape index (κ3) is 3.93. The average molecular weight is 317 g/mol. The molecular formula is C17H23N3OS. The SMILES string of the molecule is Cc1cccnc1CN1CCN(C[C@H](O)c2cccs2)CC1. The molecule has 4 nitrogen and oxygen atoms in total. The van der Waals surface area contributed by atoms with Gasteiger partial charge in [0.15, 0.2) is 0 Å². The van der Waals surface area contributed by atoms with E-state index >= 15 is 0 Å². The number of aryl methyl sites for hydroxylation is 1. The van der Waals surface area contributed by atoms with Crippen LogP contribution in [0.25, 0.3) is 0 Å². The number of hydrogen-bond donors (Lipinski definition) is 1. The lowest BCUT2D eigenvalue weighted by molar-refractivity contribution is 0.0711. The van der Waals surface area contributed by atoms with Gasteiger partial charge in [0.2, 0.25) is 0 Å². The van der Waals surface area contributed by atoms with Crippen molar-refractivity contribution in [2.24, 2.45) is 0 Å². The number of thiophene rings is 1. The van der Waals surface area contributed by atoms with Crippen LogP contribution in [0.5, 0.6) is 0 Å². The Kier molecular flexibility index (Phi) is 5.20. The van der Waals surface area contributed by atoms with Gasteiger partial charge in [0.1, 0.15) is 6.10 Å². The summed E-state index contributed by atoms with van der Waals surface area (Å²) in [7, 11) is 0. The van der Waals surface area contributed by atoms with Crippen LogP contribution < -0.4 is 0 Å². The van der Waals surface area contributed by atoms with Crippen LogP contribution in [-0.4, -0.2) is 52.6 Å². The standard InChI is InChI=1S/C17H23N3OS/c1-14-4-2-6-18-15(14)12-19-7-9-20(10-8-19)13-16(21)17-5-3-11-22-17/h2-6,11,16,21H,7-10,12-13H2,1H3/t16-/m0/s1. The second kappa shape index (κ2) is 7.33. The lowest BCUT2D eigenvalue weighted by atomic mass is 10.2. The van der Waals surface area contributed by atoms with Crippen molar-refractivity contribution < 1.29 is 5.11 Å². The number of nitrogens with zero attached hydrogens (tertiary/aromatic N) is 3. The van der Waals surface area contributed by atoms with Crippen molar-refractivity contribution in [2.45, 2.75) is 19.6 Å². The van der Waals surface area contributed by atoms with Gasteiger partial charge < -0.3 is 5.11 Å². The molecule has 0 unspecified atom stereocenters. The Labute approximate surface area is 136 Å². The zero-order chi connectivity index (χ0) is 15.4. The minimum absolute atomic E-state index is 0.357. The minimum Gasteiger partial charge on any atom is -0.386 e. The molecule has 0 radical (unpaired) electrons. The largest absolute Gasteiger partial charge is 0.386 e. The highest BCUT2D eigenvalue weighted by Crippen LogP contribution is 2.20. The van der Waals surface area contributed by atoms with Crippen molar-refractivity contribution in [3.63, 3.8) is 0 Å². The molecule has 0 bridgehead atoms. The van der Waals surface area contributed by atoms with Crippen LogP contribution in [0.15, 0.2) is 35.8 Å². The van der Waals surface area contributed by atoms with E-state index in [9.17, 15) is 5.11 Å². The summed E-state index contributed by atoms with van der Waals surface area (Å²) in [6.45, 7) is 7.86. The first-order valence-electron chi connectivity index (χ1n) is 7.79. The van der Waals surface area contributed by atoms with E-state index in [0.29, 0.717) is 0 Å². The summed E-state index contributed by atoms with van der Waals surface area (Å²) in [4.78, 5) is 10.3. The third-order valence-corrected chi connectivity index (χ3v) is 5.23. The number of piperazine rings is 1. The Hall–Kier alpha value is -1.27. The van der Waals surface area contributed by atoms with Crippen LogP contribution in [0.1, 0.15) is 22.2 Å². The first kappa shape index (κ1) is 15.6. The highest BCUT2D eigenvalue weighted by molar-refractivity contribution is 7.10. The van der Waals surface area contributed by atoms with Crippen LogP contribution in [-0.2, 0) is 6.54 Å². The van der Waals surface area contributed by atoms with Gasteiger partial charge in [-0.3, -0.25) is 14.8 Å². The zero-order valence-corrected chi connectivity index (χ0v) is 13.8. The molecule has 22 heavy (non-hydrogen) atoms. The average Bonchev–Trinajstić information content (AvgIpc) is 3.06. The van der Waals surface area contributed by atoms with Gasteiger partial charge in [-0.15, -0.1) is 11.3 Å². The van der Waals surface area contributed by atoms with E-state index in [1.165, 1.54) is 11.3 Å². The molecule has 1 atom stereocenters. The summed E-state index contributed by atoms with van der Waals surface area (Å²) in [5, 5.41) is 12.3. The summed E-state index contributed by atoms with van der Waals surface area (Å²) in [6, 6.07) is 8.12. The zero-order valence-electron chi connectivity index (χ0n) is 13.0. The second-order valence-electron chi connectivity index (χ2n) is 5.87. The molecule has 2 aromatic heterocycles. The molecule has 3 heterocycles. The molecule has 0 aliphatic carbocycles. The maximum absolute atomic E-state index is 10.2. The van der Waals surface area contributed by atoms with Crippen molar-refractivity contribution in [1.29, 1.82) is 0 Å². The predicted octanol–water partition coefficient (Wildman–Crippen LogP) is 2.30. The number of aromatic nitrogens is 1. The van der Waals surface area contributed by atoms with E-state index in [-0.39, 0.29) is 6.10 Å². The smallest absolute Gasteiger partial charge is 0.101 e. The fourth-order valence-electron chi connectivity index (χ4n) is 2.84. The first-order chi connectivity index (χ1) is 10.7. The van der Waals surface area contributed by atoms with Gasteiger partial charge in [-0.1, -0.05) is 12.1 Å². The fourth-order valence-corrected chi connectivity index (χ4v) is 3.54. The monoisotopic (exact) mass is 317 g/mol. The number of hydrogen-bond acceptors (Lipinski definition) is 5. The Morgan fingerprint density at radius 2 is 1.95 bits per heavy atom. The summed E-state index contributed by atoms with van der Waals surface area (Å²) in [5.74, 6) is 0. The molecule has 1 N–H and O–H groups in total. The molecule has 3 rings (SSSR count). The first-order valence-corrected chi connectivity index (χ1v) is 8.67. The molecule has 1 aliphatic heterocycles. The Morgan fingerprint density at radius 3 is 2.64 bits per heavy atom. The van der Waals surface area contributed by atoms with Gasteiger partial charge in [0, 0.05) is 50.3 Å². The second-order valence-corrected chi connectivity index (χ2v) is 6.85. The maximum Gasteiger partial charge on any atom is 0.101 e. The summed E-state index contributed by atoms with van der Waals surface area (Å²) in [5.41, 5.74) is 2.44. The van der Waals surface area contributed by atoms with Crippen LogP contribution in [0.3, 0.4) is 0 Å². The minimum atomic E-state index is -0.357. The van der Waals surface area contributed by atoms with Crippen LogP contribution in [0.4, 0.5) is 0 Å². The molecule has 2 aromatic rings. The van der Waals surface area contributed by atoms with Crippen LogP contribution in [0.2, 0.25) is 0 Å². The van der Waals surface area contributed by atoms with E-state index in [4.69, 9.17) is 0 Å². The van der Waals surface area contributed by atoms with Gasteiger partial charge in [-0.25, -0.2) is 0 Å². The molecule has 1 aliphatic rings. The Morgan fingerprint density at radius 1 is 1.18 bits per heavy atom. The topological polar surface area (TPSA) is 39.6 Å². The van der Waals surface area contributed by atoms with Crippen molar-refractivity contribution in [2.75, 3.05) is 32.7 Å². The molecule has 5 heteroatoms. The van der Waals surface area contributed by atoms with E-state index in [1.807, 2.05) is 29.8 Å². The van der Waals surface area contributed by atoms with Gasteiger partial charge in [-0.05, 0) is 30.0 Å². The van der Waals surface area contributed by atoms with Crippen LogP contribution >= 0.6 is 11.3 Å². The molecule has 1 saturated heterocycles. The lowest BCUT2D eigenvalue weighted by Gasteiger charge is -2.35. The van der Waals surface area contributed by atoms with Crippen molar-refractivity contribution in [1.82, 2.24) is 14.8 Å². The van der Waals surface area contributed by atoms with Gasteiger partial charge >= 0.3 is 0 Å². The molecule has 0 amide bonds. The summed E-state index contributed by atoms with van der Waals surface area (Å²) < 4.78 is 0. The quantitative estimate of drug-likeness (QED) is 0.918. The predicted molar refractivity (Wildman–Crippen MR) is 90.0 cm³/mol. The number of aliphatic hydroxyl groups is 1. The van der Waals surface area contributed by atoms with Gasteiger partial charge in [0.25, 0.3) is 0 Å². The highest BCUT2D eigenvalue weighted by atomic mass is 32.1. The van der Waals surface area contributed by atoms with Crippen molar-refractivity contribution >= 4 is 11.3 Å². The van der Waals surface area contributed by atoms with Gasteiger partial charge in [-0.2, -0.15) is 0 Å². The molecule has 1 fully saturated rings. The number of β-amino-alcohol motifs (C(OH)–C–C–N with tert-alkyl or cyclic N) is 1. The Balaban J connectivity index is 1.47. The molecule has 0 saturated carbocycles. The molecule has 118 valence electrons. The van der Waals surface area contributed by atoms with Crippen molar-refractivity contribution in [3.8, 4) is 0 Å². The van der Waals surface area contributed by atoms with Crippen LogP contribution in [0, 0.1) is 6.92 Å². The normalized spacial score (nSPS) is 18.5. The lowest BCUT2D eigenvalue weighted by Crippen LogP contribution is -2.47. The van der Waals surface area contributed by atoms with E-state index in [0.717, 1.165) is 44.1 Å². The third-order valence-electron chi connectivity index (χ3n) is 4.26. The van der Waals surface area contributed by atoms with E-state index < -0.39 is 0 Å².